The topological polar surface area (TPSA) is 75.7 Å². The van der Waals surface area contributed by atoms with Gasteiger partial charge in [0.25, 0.3) is 0 Å². The van der Waals surface area contributed by atoms with Gasteiger partial charge in [-0.15, -0.1) is 0 Å². The van der Waals surface area contributed by atoms with E-state index >= 15 is 0 Å². The van der Waals surface area contributed by atoms with Gasteiger partial charge in [-0.3, -0.25) is 14.4 Å². The number of Topliss-reactive ketones (excluding diaryl/α,β-unsaturated/α-hetero) is 1. The van der Waals surface area contributed by atoms with E-state index in [0.29, 0.717) is 22.7 Å². The Bertz CT molecular complexity index is 784. The fourth-order valence-electron chi connectivity index (χ4n) is 2.34. The van der Waals surface area contributed by atoms with Crippen LogP contribution in [-0.2, 0) is 9.59 Å². The van der Waals surface area contributed by atoms with Gasteiger partial charge in [-0.1, -0.05) is 12.1 Å². The molecular formula is C19H20N2O4. The Morgan fingerprint density at radius 1 is 1.00 bits per heavy atom. The van der Waals surface area contributed by atoms with Crippen molar-refractivity contribution < 1.29 is 19.1 Å². The molecule has 2 rings (SSSR count). The van der Waals surface area contributed by atoms with Crippen molar-refractivity contribution in [1.82, 2.24) is 0 Å². The number of benzene rings is 2. The van der Waals surface area contributed by atoms with Gasteiger partial charge < -0.3 is 15.0 Å². The number of nitrogens with zero attached hydrogens (tertiary/aromatic N) is 1. The SMILES string of the molecule is COc1ccccc1NC(=O)CN(C(C)=O)c1ccc(C(C)=O)cc1. The van der Waals surface area contributed by atoms with E-state index in [1.807, 2.05) is 0 Å². The van der Waals surface area contributed by atoms with Crippen molar-refractivity contribution in [2.75, 3.05) is 23.9 Å². The van der Waals surface area contributed by atoms with Crippen molar-refractivity contribution in [1.29, 1.82) is 0 Å². The lowest BCUT2D eigenvalue weighted by Crippen LogP contribution is -2.36. The summed E-state index contributed by atoms with van der Waals surface area (Å²) in [4.78, 5) is 36.9. The van der Waals surface area contributed by atoms with Crippen molar-refractivity contribution in [2.45, 2.75) is 13.8 Å². The number of hydrogen-bond acceptors (Lipinski definition) is 4. The Hall–Kier alpha value is -3.15. The monoisotopic (exact) mass is 340 g/mol. The highest BCUT2D eigenvalue weighted by Crippen LogP contribution is 2.23. The third-order valence-corrected chi connectivity index (χ3v) is 3.65. The summed E-state index contributed by atoms with van der Waals surface area (Å²) in [5.41, 5.74) is 1.63. The summed E-state index contributed by atoms with van der Waals surface area (Å²) in [6.07, 6.45) is 0. The van der Waals surface area contributed by atoms with E-state index < -0.39 is 0 Å². The molecule has 130 valence electrons. The second-order valence-corrected chi connectivity index (χ2v) is 5.46. The minimum Gasteiger partial charge on any atom is -0.495 e. The number of hydrogen-bond donors (Lipinski definition) is 1. The highest BCUT2D eigenvalue weighted by molar-refractivity contribution is 6.02. The molecule has 0 bridgehead atoms. The van der Waals surface area contributed by atoms with Crippen LogP contribution in [0.4, 0.5) is 11.4 Å². The summed E-state index contributed by atoms with van der Waals surface area (Å²) in [7, 11) is 1.52. The predicted molar refractivity (Wildman–Crippen MR) is 96.1 cm³/mol. The van der Waals surface area contributed by atoms with Crippen LogP contribution in [0.3, 0.4) is 0 Å². The minimum absolute atomic E-state index is 0.0603. The van der Waals surface area contributed by atoms with Gasteiger partial charge in [-0.25, -0.2) is 0 Å². The van der Waals surface area contributed by atoms with Gasteiger partial charge in [0.1, 0.15) is 12.3 Å². The van der Waals surface area contributed by atoms with Crippen LogP contribution < -0.4 is 15.0 Å². The van der Waals surface area contributed by atoms with Crippen LogP contribution in [0.2, 0.25) is 0 Å². The maximum Gasteiger partial charge on any atom is 0.244 e. The summed E-state index contributed by atoms with van der Waals surface area (Å²) in [5.74, 6) is -0.146. The Morgan fingerprint density at radius 3 is 2.20 bits per heavy atom. The van der Waals surface area contributed by atoms with Crippen LogP contribution in [0.15, 0.2) is 48.5 Å². The molecule has 0 saturated heterocycles. The lowest BCUT2D eigenvalue weighted by molar-refractivity contribution is -0.120. The Morgan fingerprint density at radius 2 is 1.64 bits per heavy atom. The highest BCUT2D eigenvalue weighted by Gasteiger charge is 2.17. The van der Waals surface area contributed by atoms with E-state index in [1.54, 1.807) is 48.5 Å². The first-order valence-electron chi connectivity index (χ1n) is 7.74. The third kappa shape index (κ3) is 4.67. The van der Waals surface area contributed by atoms with Gasteiger partial charge >= 0.3 is 0 Å². The number of nitrogens with one attached hydrogen (secondary N) is 1. The molecule has 0 aliphatic rings. The van der Waals surface area contributed by atoms with Crippen molar-refractivity contribution in [3.05, 3.63) is 54.1 Å². The maximum absolute atomic E-state index is 12.3. The molecule has 0 spiro atoms. The summed E-state index contributed by atoms with van der Waals surface area (Å²) >= 11 is 0. The van der Waals surface area contributed by atoms with E-state index in [2.05, 4.69) is 5.32 Å². The lowest BCUT2D eigenvalue weighted by Gasteiger charge is -2.21. The number of ether oxygens (including phenoxy) is 1. The number of rotatable bonds is 6. The van der Waals surface area contributed by atoms with E-state index in [-0.39, 0.29) is 24.1 Å². The summed E-state index contributed by atoms with van der Waals surface area (Å²) < 4.78 is 5.19. The summed E-state index contributed by atoms with van der Waals surface area (Å²) in [6, 6.07) is 13.6. The number of carbonyl (C=O) groups is 3. The van der Waals surface area contributed by atoms with E-state index in [9.17, 15) is 14.4 Å². The summed E-state index contributed by atoms with van der Waals surface area (Å²) in [5, 5.41) is 2.73. The number of anilines is 2. The number of para-hydroxylation sites is 2. The number of ketones is 1. The average Bonchev–Trinajstić information content (AvgIpc) is 2.60. The maximum atomic E-state index is 12.3. The number of carbonyl (C=O) groups excluding carboxylic acids is 3. The normalized spacial score (nSPS) is 10.0. The molecule has 0 aliphatic carbocycles. The van der Waals surface area contributed by atoms with E-state index in [1.165, 1.54) is 25.9 Å². The molecule has 0 saturated carbocycles. The van der Waals surface area contributed by atoms with Gasteiger partial charge in [0.2, 0.25) is 11.8 Å². The number of amides is 2. The van der Waals surface area contributed by atoms with Crippen LogP contribution in [0.25, 0.3) is 0 Å². The van der Waals surface area contributed by atoms with Crippen LogP contribution in [0, 0.1) is 0 Å². The fraction of sp³-hybridized carbons (Fsp3) is 0.211. The molecular weight excluding hydrogens is 320 g/mol. The molecule has 0 fully saturated rings. The van der Waals surface area contributed by atoms with Crippen molar-refractivity contribution in [2.24, 2.45) is 0 Å². The van der Waals surface area contributed by atoms with Crippen LogP contribution in [0.5, 0.6) is 5.75 Å². The van der Waals surface area contributed by atoms with Crippen LogP contribution in [0.1, 0.15) is 24.2 Å². The smallest absolute Gasteiger partial charge is 0.244 e. The Kier molecular flexibility index (Phi) is 5.89. The van der Waals surface area contributed by atoms with Gasteiger partial charge in [-0.05, 0) is 43.3 Å². The van der Waals surface area contributed by atoms with Crippen molar-refractivity contribution in [3.8, 4) is 5.75 Å². The van der Waals surface area contributed by atoms with Gasteiger partial charge in [0, 0.05) is 18.2 Å². The molecule has 2 amide bonds. The zero-order chi connectivity index (χ0) is 18.4. The first-order valence-corrected chi connectivity index (χ1v) is 7.74. The largest absolute Gasteiger partial charge is 0.495 e. The van der Waals surface area contributed by atoms with Crippen molar-refractivity contribution in [3.63, 3.8) is 0 Å². The minimum atomic E-state index is -0.352. The first kappa shape index (κ1) is 18.2. The molecule has 0 atom stereocenters. The fourth-order valence-corrected chi connectivity index (χ4v) is 2.34. The van der Waals surface area contributed by atoms with Gasteiger partial charge in [0.05, 0.1) is 12.8 Å². The molecule has 0 aliphatic heterocycles. The zero-order valence-corrected chi connectivity index (χ0v) is 14.4. The molecule has 25 heavy (non-hydrogen) atoms. The molecule has 1 N–H and O–H groups in total. The van der Waals surface area contributed by atoms with Crippen LogP contribution >= 0.6 is 0 Å². The Balaban J connectivity index is 2.14. The molecule has 0 radical (unpaired) electrons. The molecule has 2 aromatic rings. The van der Waals surface area contributed by atoms with Gasteiger partial charge in [0.15, 0.2) is 5.78 Å². The highest BCUT2D eigenvalue weighted by atomic mass is 16.5. The van der Waals surface area contributed by atoms with Crippen LogP contribution in [-0.4, -0.2) is 31.3 Å². The Labute approximate surface area is 146 Å². The molecule has 6 nitrogen and oxygen atoms in total. The molecule has 0 aromatic heterocycles. The number of methoxy groups -OCH3 is 1. The predicted octanol–water partition coefficient (Wildman–Crippen LogP) is 2.89. The molecule has 6 heteroatoms. The first-order chi connectivity index (χ1) is 11.9. The third-order valence-electron chi connectivity index (χ3n) is 3.65. The van der Waals surface area contributed by atoms with E-state index in [4.69, 9.17) is 4.74 Å². The second kappa shape index (κ2) is 8.10. The quantitative estimate of drug-likeness (QED) is 0.821. The molecule has 0 heterocycles. The second-order valence-electron chi connectivity index (χ2n) is 5.46. The summed E-state index contributed by atoms with van der Waals surface area (Å²) in [6.45, 7) is 2.71. The van der Waals surface area contributed by atoms with E-state index in [0.717, 1.165) is 0 Å². The lowest BCUT2D eigenvalue weighted by atomic mass is 10.1. The van der Waals surface area contributed by atoms with Crippen molar-refractivity contribution >= 4 is 29.0 Å². The molecule has 0 unspecified atom stereocenters. The molecule has 2 aromatic carbocycles. The van der Waals surface area contributed by atoms with Gasteiger partial charge in [-0.2, -0.15) is 0 Å². The zero-order valence-electron chi connectivity index (χ0n) is 14.4. The standard InChI is InChI=1S/C19H20N2O4/c1-13(22)15-8-10-16(11-9-15)21(14(2)23)12-19(24)20-17-6-4-5-7-18(17)25-3/h4-11H,12H2,1-3H3,(H,20,24). The average molecular weight is 340 g/mol.